The van der Waals surface area contributed by atoms with Gasteiger partial charge in [-0.1, -0.05) is 103 Å². The van der Waals surface area contributed by atoms with Crippen LogP contribution in [0.5, 0.6) is 0 Å². The summed E-state index contributed by atoms with van der Waals surface area (Å²) in [7, 11) is -1.41. The maximum Gasteiger partial charge on any atom is 0.494 e. The Hall–Kier alpha value is -4.05. The average Bonchev–Trinajstić information content (AvgIpc) is 3.21. The Morgan fingerprint density at radius 1 is 0.667 bits per heavy atom. The SMILES string of the molecule is OB1OC(c2ccccc2)(c2ccccc2)C(C#Cc2ccccc2)=C1c1ccc(C(F)(F)F)cc1. The van der Waals surface area contributed by atoms with Crippen molar-refractivity contribution < 1.29 is 22.8 Å². The lowest BCUT2D eigenvalue weighted by molar-refractivity contribution is -0.137. The van der Waals surface area contributed by atoms with Gasteiger partial charge in [-0.25, -0.2) is 0 Å². The summed E-state index contributed by atoms with van der Waals surface area (Å²) >= 11 is 0. The Morgan fingerprint density at radius 2 is 1.17 bits per heavy atom. The second kappa shape index (κ2) is 9.54. The molecule has 5 rings (SSSR count). The van der Waals surface area contributed by atoms with Gasteiger partial charge in [0.15, 0.2) is 0 Å². The third-order valence-corrected chi connectivity index (χ3v) is 6.15. The summed E-state index contributed by atoms with van der Waals surface area (Å²) in [6.07, 6.45) is -4.47. The lowest BCUT2D eigenvalue weighted by Gasteiger charge is -2.32. The molecular formula is C30H20BF3O2. The van der Waals surface area contributed by atoms with Crippen LogP contribution >= 0.6 is 0 Å². The van der Waals surface area contributed by atoms with Crippen molar-refractivity contribution in [2.24, 2.45) is 0 Å². The summed E-state index contributed by atoms with van der Waals surface area (Å²) < 4.78 is 46.0. The first-order valence-electron chi connectivity index (χ1n) is 11.4. The number of hydrogen-bond acceptors (Lipinski definition) is 2. The smallest absolute Gasteiger partial charge is 0.423 e. The Bertz CT molecular complexity index is 1400. The molecule has 4 aromatic carbocycles. The van der Waals surface area contributed by atoms with Crippen molar-refractivity contribution in [1.82, 2.24) is 0 Å². The van der Waals surface area contributed by atoms with E-state index < -0.39 is 24.5 Å². The van der Waals surface area contributed by atoms with E-state index in [1.54, 1.807) is 0 Å². The minimum absolute atomic E-state index is 0.333. The highest BCUT2D eigenvalue weighted by Crippen LogP contribution is 2.49. The van der Waals surface area contributed by atoms with Crippen molar-refractivity contribution in [2.45, 2.75) is 11.8 Å². The predicted molar refractivity (Wildman–Crippen MR) is 134 cm³/mol. The Balaban J connectivity index is 1.79. The van der Waals surface area contributed by atoms with Crippen molar-refractivity contribution in [3.05, 3.63) is 149 Å². The fraction of sp³-hybridized carbons (Fsp3) is 0.0667. The standard InChI is InChI=1S/C30H20BF3O2/c32-30(33,34)26-19-17-23(18-20-26)28-27(21-16-22-10-4-1-5-11-22)29(36-31(28)35,24-12-6-2-7-13-24)25-14-8-3-9-15-25/h1-15,17-20,35H. The summed E-state index contributed by atoms with van der Waals surface area (Å²) in [5.74, 6) is 6.39. The zero-order chi connectivity index (χ0) is 25.2. The summed E-state index contributed by atoms with van der Waals surface area (Å²) in [6, 6.07) is 32.9. The van der Waals surface area contributed by atoms with Gasteiger partial charge in [-0.3, -0.25) is 0 Å². The highest BCUT2D eigenvalue weighted by Gasteiger charge is 2.51. The van der Waals surface area contributed by atoms with Gasteiger partial charge in [0.1, 0.15) is 5.60 Å². The second-order valence-corrected chi connectivity index (χ2v) is 8.36. The van der Waals surface area contributed by atoms with E-state index in [2.05, 4.69) is 11.8 Å². The molecule has 176 valence electrons. The molecule has 1 aliphatic heterocycles. The van der Waals surface area contributed by atoms with E-state index in [-0.39, 0.29) is 0 Å². The van der Waals surface area contributed by atoms with Crippen LogP contribution in [0.2, 0.25) is 0 Å². The normalized spacial score (nSPS) is 14.9. The average molecular weight is 480 g/mol. The monoisotopic (exact) mass is 480 g/mol. The quantitative estimate of drug-likeness (QED) is 0.268. The largest absolute Gasteiger partial charge is 0.494 e. The molecule has 0 bridgehead atoms. The fourth-order valence-electron chi connectivity index (χ4n) is 4.47. The van der Waals surface area contributed by atoms with Crippen molar-refractivity contribution >= 4 is 12.6 Å². The number of rotatable bonds is 3. The summed E-state index contributed by atoms with van der Waals surface area (Å²) in [5.41, 5.74) is 1.42. The fourth-order valence-corrected chi connectivity index (χ4v) is 4.47. The van der Waals surface area contributed by atoms with Crippen molar-refractivity contribution in [3.8, 4) is 11.8 Å². The van der Waals surface area contributed by atoms with Gasteiger partial charge in [0, 0.05) is 16.6 Å². The highest BCUT2D eigenvalue weighted by molar-refractivity contribution is 6.69. The first-order chi connectivity index (χ1) is 17.4. The highest BCUT2D eigenvalue weighted by atomic mass is 19.4. The van der Waals surface area contributed by atoms with Crippen LogP contribution in [0.4, 0.5) is 13.2 Å². The van der Waals surface area contributed by atoms with Gasteiger partial charge >= 0.3 is 13.3 Å². The third-order valence-electron chi connectivity index (χ3n) is 6.15. The van der Waals surface area contributed by atoms with Gasteiger partial charge in [-0.05, 0) is 41.0 Å². The molecule has 0 unspecified atom stereocenters. The molecule has 0 radical (unpaired) electrons. The summed E-state index contributed by atoms with van der Waals surface area (Å²) in [6.45, 7) is 0. The lowest BCUT2D eigenvalue weighted by atomic mass is 9.71. The Morgan fingerprint density at radius 3 is 1.67 bits per heavy atom. The molecule has 0 aliphatic carbocycles. The van der Waals surface area contributed by atoms with Crippen LogP contribution in [0.25, 0.3) is 5.47 Å². The van der Waals surface area contributed by atoms with Gasteiger partial charge in [-0.2, -0.15) is 13.2 Å². The molecule has 0 spiro atoms. The van der Waals surface area contributed by atoms with Gasteiger partial charge in [0.05, 0.1) is 5.56 Å². The van der Waals surface area contributed by atoms with Gasteiger partial charge in [-0.15, -0.1) is 0 Å². The van der Waals surface area contributed by atoms with Gasteiger partial charge < -0.3 is 9.68 Å². The third kappa shape index (κ3) is 4.35. The minimum atomic E-state index is -4.47. The molecule has 2 nitrogen and oxygen atoms in total. The molecule has 6 heteroatoms. The number of halogens is 3. The second-order valence-electron chi connectivity index (χ2n) is 8.36. The summed E-state index contributed by atoms with van der Waals surface area (Å²) in [4.78, 5) is 0. The molecular weight excluding hydrogens is 460 g/mol. The molecule has 4 aromatic rings. The molecule has 0 saturated heterocycles. The Labute approximate surface area is 207 Å². The molecule has 0 amide bonds. The van der Waals surface area contributed by atoms with Crippen LogP contribution in [0, 0.1) is 11.8 Å². The molecule has 0 saturated carbocycles. The molecule has 0 fully saturated rings. The van der Waals surface area contributed by atoms with E-state index in [1.807, 2.05) is 91.0 Å². The topological polar surface area (TPSA) is 29.5 Å². The predicted octanol–water partition coefficient (Wildman–Crippen LogP) is 6.50. The zero-order valence-corrected chi connectivity index (χ0v) is 19.0. The van der Waals surface area contributed by atoms with E-state index in [0.29, 0.717) is 16.6 Å². The van der Waals surface area contributed by atoms with Crippen LogP contribution in [0.3, 0.4) is 0 Å². The first-order valence-corrected chi connectivity index (χ1v) is 11.4. The van der Waals surface area contributed by atoms with Crippen LogP contribution in [-0.2, 0) is 16.4 Å². The number of hydrogen-bond donors (Lipinski definition) is 1. The van der Waals surface area contributed by atoms with Crippen LogP contribution in [0.15, 0.2) is 121 Å². The molecule has 36 heavy (non-hydrogen) atoms. The van der Waals surface area contributed by atoms with E-state index in [9.17, 15) is 18.2 Å². The molecule has 1 aliphatic rings. The molecule has 0 atom stereocenters. The van der Waals surface area contributed by atoms with E-state index >= 15 is 0 Å². The number of benzene rings is 4. The molecule has 0 aromatic heterocycles. The maximum atomic E-state index is 13.2. The Kier molecular flexibility index (Phi) is 6.28. The van der Waals surface area contributed by atoms with Gasteiger partial charge in [0.2, 0.25) is 0 Å². The van der Waals surface area contributed by atoms with Crippen molar-refractivity contribution in [1.29, 1.82) is 0 Å². The lowest BCUT2D eigenvalue weighted by Crippen LogP contribution is -2.32. The van der Waals surface area contributed by atoms with E-state index in [4.69, 9.17) is 4.65 Å². The van der Waals surface area contributed by atoms with E-state index in [0.717, 1.165) is 28.8 Å². The van der Waals surface area contributed by atoms with Crippen LogP contribution in [0.1, 0.15) is 27.8 Å². The summed E-state index contributed by atoms with van der Waals surface area (Å²) in [5, 5.41) is 11.2. The zero-order valence-electron chi connectivity index (χ0n) is 19.0. The van der Waals surface area contributed by atoms with Gasteiger partial charge in [0.25, 0.3) is 0 Å². The van der Waals surface area contributed by atoms with Crippen molar-refractivity contribution in [3.63, 3.8) is 0 Å². The van der Waals surface area contributed by atoms with Crippen LogP contribution in [-0.4, -0.2) is 12.1 Å². The van der Waals surface area contributed by atoms with E-state index in [1.165, 1.54) is 12.1 Å². The number of alkyl halides is 3. The molecule has 1 heterocycles. The van der Waals surface area contributed by atoms with Crippen LogP contribution < -0.4 is 0 Å². The minimum Gasteiger partial charge on any atom is -0.423 e. The van der Waals surface area contributed by atoms with Crippen molar-refractivity contribution in [2.75, 3.05) is 0 Å². The first kappa shape index (κ1) is 23.7. The molecule has 1 N–H and O–H groups in total. The maximum absolute atomic E-state index is 13.2.